The van der Waals surface area contributed by atoms with Gasteiger partial charge in [-0.3, -0.25) is 24.6 Å². The summed E-state index contributed by atoms with van der Waals surface area (Å²) in [5.74, 6) is -0.600. The van der Waals surface area contributed by atoms with Crippen LogP contribution in [-0.4, -0.2) is 41.6 Å². The molecular formula is C11H18N2O3. The Labute approximate surface area is 95.2 Å². The molecule has 1 N–H and O–H groups in total. The Morgan fingerprint density at radius 1 is 1.56 bits per heavy atom. The van der Waals surface area contributed by atoms with Gasteiger partial charge in [0.2, 0.25) is 11.8 Å². The van der Waals surface area contributed by atoms with Crippen LogP contribution in [0, 0.1) is 5.92 Å². The molecule has 0 aliphatic carbocycles. The molecule has 2 atom stereocenters. The molecule has 5 heteroatoms. The summed E-state index contributed by atoms with van der Waals surface area (Å²) in [6.07, 6.45) is 0.779. The SMILES string of the molecule is CCC(C)C(=O)CN1CC(=O)NC(=O)C1C. The first-order valence-electron chi connectivity index (χ1n) is 5.56. The fourth-order valence-electron chi connectivity index (χ4n) is 1.55. The lowest BCUT2D eigenvalue weighted by Gasteiger charge is -2.31. The number of carbonyl (C=O) groups excluding carboxylic acids is 3. The van der Waals surface area contributed by atoms with Gasteiger partial charge in [0.1, 0.15) is 5.78 Å². The molecule has 2 unspecified atom stereocenters. The average Bonchev–Trinajstić information content (AvgIpc) is 2.23. The van der Waals surface area contributed by atoms with Gasteiger partial charge in [-0.05, 0) is 13.3 Å². The molecule has 1 saturated heterocycles. The van der Waals surface area contributed by atoms with Crippen LogP contribution < -0.4 is 5.32 Å². The van der Waals surface area contributed by atoms with Crippen LogP contribution in [-0.2, 0) is 14.4 Å². The number of hydrogen-bond donors (Lipinski definition) is 1. The molecule has 0 aromatic rings. The Bertz CT molecular complexity index is 314. The first-order valence-corrected chi connectivity index (χ1v) is 5.56. The van der Waals surface area contributed by atoms with E-state index in [-0.39, 0.29) is 36.6 Å². The summed E-state index contributed by atoms with van der Waals surface area (Å²) in [4.78, 5) is 35.9. The minimum absolute atomic E-state index is 0.0210. The predicted molar refractivity (Wildman–Crippen MR) is 58.6 cm³/mol. The van der Waals surface area contributed by atoms with E-state index in [4.69, 9.17) is 0 Å². The van der Waals surface area contributed by atoms with Crippen molar-refractivity contribution in [3.05, 3.63) is 0 Å². The van der Waals surface area contributed by atoms with Gasteiger partial charge in [-0.1, -0.05) is 13.8 Å². The van der Waals surface area contributed by atoms with E-state index in [9.17, 15) is 14.4 Å². The first kappa shape index (κ1) is 12.8. The molecule has 1 heterocycles. The lowest BCUT2D eigenvalue weighted by Crippen LogP contribution is -2.58. The van der Waals surface area contributed by atoms with E-state index in [0.29, 0.717) is 0 Å². The zero-order valence-electron chi connectivity index (χ0n) is 9.95. The van der Waals surface area contributed by atoms with E-state index in [0.717, 1.165) is 6.42 Å². The number of imide groups is 1. The monoisotopic (exact) mass is 226 g/mol. The molecule has 0 aromatic heterocycles. The highest BCUT2D eigenvalue weighted by Crippen LogP contribution is 2.08. The predicted octanol–water partition coefficient (Wildman–Crippen LogP) is -0.0515. The minimum atomic E-state index is -0.411. The number of nitrogens with one attached hydrogen (secondary N) is 1. The highest BCUT2D eigenvalue weighted by atomic mass is 16.2. The quantitative estimate of drug-likeness (QED) is 0.682. The van der Waals surface area contributed by atoms with Crippen molar-refractivity contribution in [3.8, 4) is 0 Å². The molecule has 90 valence electrons. The molecule has 0 saturated carbocycles. The minimum Gasteiger partial charge on any atom is -0.298 e. The van der Waals surface area contributed by atoms with Crippen LogP contribution in [0.15, 0.2) is 0 Å². The van der Waals surface area contributed by atoms with Gasteiger partial charge in [0.05, 0.1) is 19.1 Å². The summed E-state index contributed by atoms with van der Waals surface area (Å²) in [6.45, 7) is 5.80. The molecular weight excluding hydrogens is 208 g/mol. The average molecular weight is 226 g/mol. The lowest BCUT2D eigenvalue weighted by molar-refractivity contribution is -0.140. The van der Waals surface area contributed by atoms with Gasteiger partial charge < -0.3 is 0 Å². The third-order valence-electron chi connectivity index (χ3n) is 3.06. The second kappa shape index (κ2) is 5.21. The van der Waals surface area contributed by atoms with Crippen LogP contribution in [0.4, 0.5) is 0 Å². The highest BCUT2D eigenvalue weighted by molar-refractivity contribution is 6.01. The summed E-state index contributed by atoms with van der Waals surface area (Å²) in [5, 5.41) is 2.24. The number of rotatable bonds is 4. The second-order valence-corrected chi connectivity index (χ2v) is 4.27. The van der Waals surface area contributed by atoms with Gasteiger partial charge >= 0.3 is 0 Å². The maximum Gasteiger partial charge on any atom is 0.243 e. The molecule has 5 nitrogen and oxygen atoms in total. The van der Waals surface area contributed by atoms with Crippen molar-refractivity contribution in [2.45, 2.75) is 33.2 Å². The summed E-state index contributed by atoms with van der Waals surface area (Å²) < 4.78 is 0. The van der Waals surface area contributed by atoms with Crippen molar-refractivity contribution >= 4 is 17.6 Å². The molecule has 0 aromatic carbocycles. The zero-order chi connectivity index (χ0) is 12.3. The maximum absolute atomic E-state index is 11.7. The Kier molecular flexibility index (Phi) is 4.18. The molecule has 2 amide bonds. The third-order valence-corrected chi connectivity index (χ3v) is 3.06. The van der Waals surface area contributed by atoms with Crippen molar-refractivity contribution in [2.24, 2.45) is 5.92 Å². The Hall–Kier alpha value is -1.23. The number of hydrogen-bond acceptors (Lipinski definition) is 4. The van der Waals surface area contributed by atoms with Crippen LogP contribution >= 0.6 is 0 Å². The van der Waals surface area contributed by atoms with Crippen LogP contribution in [0.2, 0.25) is 0 Å². The van der Waals surface area contributed by atoms with Crippen LogP contribution in [0.25, 0.3) is 0 Å². The van der Waals surface area contributed by atoms with Crippen LogP contribution in [0.1, 0.15) is 27.2 Å². The molecule has 1 aliphatic heterocycles. The van der Waals surface area contributed by atoms with E-state index < -0.39 is 6.04 Å². The first-order chi connectivity index (χ1) is 7.45. The van der Waals surface area contributed by atoms with Crippen LogP contribution in [0.3, 0.4) is 0 Å². The molecule has 16 heavy (non-hydrogen) atoms. The molecule has 0 bridgehead atoms. The van der Waals surface area contributed by atoms with Crippen molar-refractivity contribution < 1.29 is 14.4 Å². The van der Waals surface area contributed by atoms with Crippen molar-refractivity contribution in [1.29, 1.82) is 0 Å². The van der Waals surface area contributed by atoms with E-state index >= 15 is 0 Å². The van der Waals surface area contributed by atoms with Gasteiger partial charge in [0.25, 0.3) is 0 Å². The van der Waals surface area contributed by atoms with E-state index in [2.05, 4.69) is 5.32 Å². The van der Waals surface area contributed by atoms with Gasteiger partial charge in [0, 0.05) is 5.92 Å². The van der Waals surface area contributed by atoms with E-state index in [1.54, 1.807) is 11.8 Å². The summed E-state index contributed by atoms with van der Waals surface area (Å²) in [7, 11) is 0. The van der Waals surface area contributed by atoms with Crippen molar-refractivity contribution in [1.82, 2.24) is 10.2 Å². The largest absolute Gasteiger partial charge is 0.298 e. The molecule has 1 rings (SSSR count). The summed E-state index contributed by atoms with van der Waals surface area (Å²) >= 11 is 0. The van der Waals surface area contributed by atoms with Crippen LogP contribution in [0.5, 0.6) is 0 Å². The number of Topliss-reactive ketones (excluding diaryl/α,β-unsaturated/α-hetero) is 1. The van der Waals surface area contributed by atoms with E-state index in [1.807, 2.05) is 13.8 Å². The van der Waals surface area contributed by atoms with E-state index in [1.165, 1.54) is 0 Å². The second-order valence-electron chi connectivity index (χ2n) is 4.27. The number of ketones is 1. The Morgan fingerprint density at radius 3 is 2.75 bits per heavy atom. The fraction of sp³-hybridized carbons (Fsp3) is 0.727. The number of amides is 2. The standard InChI is InChI=1S/C11H18N2O3/c1-4-7(2)9(14)5-13-6-10(15)12-11(16)8(13)3/h7-8H,4-6H2,1-3H3,(H,12,15,16). The van der Waals surface area contributed by atoms with Gasteiger partial charge in [-0.2, -0.15) is 0 Å². The third kappa shape index (κ3) is 2.88. The number of piperazine rings is 1. The van der Waals surface area contributed by atoms with Gasteiger partial charge in [-0.15, -0.1) is 0 Å². The van der Waals surface area contributed by atoms with Gasteiger partial charge in [0.15, 0.2) is 0 Å². The van der Waals surface area contributed by atoms with Gasteiger partial charge in [-0.25, -0.2) is 0 Å². The summed E-state index contributed by atoms with van der Waals surface area (Å²) in [5.41, 5.74) is 0. The molecule has 0 radical (unpaired) electrons. The molecule has 1 fully saturated rings. The maximum atomic E-state index is 11.7. The normalized spacial score (nSPS) is 24.1. The number of carbonyl (C=O) groups is 3. The lowest BCUT2D eigenvalue weighted by atomic mass is 10.0. The Balaban J connectivity index is 2.62. The van der Waals surface area contributed by atoms with Crippen molar-refractivity contribution in [2.75, 3.05) is 13.1 Å². The fourth-order valence-corrected chi connectivity index (χ4v) is 1.55. The Morgan fingerprint density at radius 2 is 2.19 bits per heavy atom. The summed E-state index contributed by atoms with van der Waals surface area (Å²) in [6, 6.07) is -0.411. The van der Waals surface area contributed by atoms with Crippen molar-refractivity contribution in [3.63, 3.8) is 0 Å². The topological polar surface area (TPSA) is 66.5 Å². The highest BCUT2D eigenvalue weighted by Gasteiger charge is 2.31. The molecule has 0 spiro atoms. The number of nitrogens with zero attached hydrogens (tertiary/aromatic N) is 1. The zero-order valence-corrected chi connectivity index (χ0v) is 9.95. The smallest absolute Gasteiger partial charge is 0.243 e. The molecule has 1 aliphatic rings.